The van der Waals surface area contributed by atoms with E-state index in [4.69, 9.17) is 0 Å². The summed E-state index contributed by atoms with van der Waals surface area (Å²) in [6, 6.07) is 0. The van der Waals surface area contributed by atoms with Gasteiger partial charge >= 0.3 is 0 Å². The molecule has 1 heterocycles. The molecule has 5 heteroatoms. The number of hydrogen-bond acceptors (Lipinski definition) is 2. The lowest BCUT2D eigenvalue weighted by atomic mass is 9.52. The molecule has 0 bridgehead atoms. The molecule has 6 heavy (non-hydrogen) atoms. The molecule has 0 aromatic carbocycles. The van der Waals surface area contributed by atoms with Crippen LogP contribution in [0.25, 0.3) is 0 Å². The van der Waals surface area contributed by atoms with Crippen molar-refractivity contribution in [1.29, 1.82) is 0 Å². The molecule has 0 aromatic rings. The maximum Gasteiger partial charge on any atom is 0.244 e. The Morgan fingerprint density at radius 3 is 2.83 bits per heavy atom. The Kier molecular flexibility index (Phi) is 1.39. The van der Waals surface area contributed by atoms with Gasteiger partial charge in [-0.1, -0.05) is 0 Å². The van der Waals surface area contributed by atoms with E-state index in [9.17, 15) is 0 Å². The van der Waals surface area contributed by atoms with Crippen molar-refractivity contribution in [2.75, 3.05) is 0 Å². The van der Waals surface area contributed by atoms with E-state index in [1.807, 2.05) is 0 Å². The van der Waals surface area contributed by atoms with Gasteiger partial charge in [-0.05, 0) is 6.11 Å². The van der Waals surface area contributed by atoms with E-state index in [1.165, 1.54) is 0 Å². The minimum atomic E-state index is 1.69. The van der Waals surface area contributed by atoms with Gasteiger partial charge in [0.2, 0.25) is 14.7 Å². The first-order chi connectivity index (χ1) is 3.00. The normalized spacial score (nSPS) is 17.3. The quantitative estimate of drug-likeness (QED) is 0.344. The van der Waals surface area contributed by atoms with Gasteiger partial charge in [-0.2, -0.15) is 0 Å². The molecule has 2 nitrogen and oxygen atoms in total. The van der Waals surface area contributed by atoms with Crippen LogP contribution in [0.3, 0.4) is 0 Å². The molecule has 0 atom stereocenters. The highest BCUT2D eigenvalue weighted by Crippen LogP contribution is 1.61. The molecule has 0 saturated heterocycles. The van der Waals surface area contributed by atoms with Crippen LogP contribution < -0.4 is 5.14 Å². The maximum atomic E-state index is 3.75. The highest BCUT2D eigenvalue weighted by molar-refractivity contribution is 7.05. The van der Waals surface area contributed by atoms with Crippen LogP contribution in [0, 0.1) is 0 Å². The van der Waals surface area contributed by atoms with Crippen molar-refractivity contribution in [2.24, 2.45) is 4.90 Å². The summed E-state index contributed by atoms with van der Waals surface area (Å²) in [6.07, 6.45) is 1.69. The van der Waals surface area contributed by atoms with Gasteiger partial charge in [0.1, 0.15) is 0 Å². The van der Waals surface area contributed by atoms with Gasteiger partial charge in [-0.3, -0.25) is 0 Å². The molecule has 1 aliphatic heterocycles. The molecular weight excluding hydrogens is 72.5 g/mol. The second-order valence-corrected chi connectivity index (χ2v) is 0.947. The molecular formula is CH2B3N2. The lowest BCUT2D eigenvalue weighted by molar-refractivity contribution is 1.62. The average molecular weight is 74.5 g/mol. The Morgan fingerprint density at radius 1 is 1.67 bits per heavy atom. The Labute approximate surface area is 39.2 Å². The highest BCUT2D eigenvalue weighted by Gasteiger charge is 1.93. The van der Waals surface area contributed by atoms with Crippen LogP contribution in [-0.4, -0.2) is 28.1 Å². The molecule has 0 fully saturated rings. The summed E-state index contributed by atoms with van der Waals surface area (Å²) < 4.78 is 0. The predicted molar refractivity (Wildman–Crippen MR) is 28.9 cm³/mol. The van der Waals surface area contributed by atoms with Crippen molar-refractivity contribution in [1.82, 2.24) is 5.14 Å². The maximum absolute atomic E-state index is 3.75. The van der Waals surface area contributed by atoms with Crippen LogP contribution in [0.2, 0.25) is 0 Å². The summed E-state index contributed by atoms with van der Waals surface area (Å²) >= 11 is 0. The van der Waals surface area contributed by atoms with Gasteiger partial charge in [0.25, 0.3) is 0 Å². The molecule has 25 valence electrons. The molecule has 0 saturated carbocycles. The fraction of sp³-hybridized carbons (Fsp3) is 0. The Bertz CT molecular complexity index is 53.8. The zero-order valence-corrected chi connectivity index (χ0v) is 3.26. The van der Waals surface area contributed by atoms with Crippen molar-refractivity contribution in [3.05, 3.63) is 0 Å². The molecule has 1 N–H and O–H groups in total. The second-order valence-electron chi connectivity index (χ2n) is 0.947. The first kappa shape index (κ1) is 4.00. The fourth-order valence-corrected chi connectivity index (χ4v) is 0.277. The molecule has 3 radical (unpaired) electrons. The van der Waals surface area contributed by atoms with Gasteiger partial charge in [0.05, 0.1) is 0 Å². The van der Waals surface area contributed by atoms with Gasteiger partial charge in [-0.15, -0.1) is 0 Å². The van der Waals surface area contributed by atoms with Gasteiger partial charge in [0.15, 0.2) is 7.31 Å². The molecule has 1 aliphatic rings. The summed E-state index contributed by atoms with van der Waals surface area (Å²) in [5.74, 6) is 0. The molecule has 1 rings (SSSR count). The minimum Gasteiger partial charge on any atom is -0.407 e. The number of nitrogens with one attached hydrogen (secondary N) is 1. The summed E-state index contributed by atoms with van der Waals surface area (Å²) in [6.45, 7) is 0. The summed E-state index contributed by atoms with van der Waals surface area (Å²) in [7, 11) is 5.22. The summed E-state index contributed by atoms with van der Waals surface area (Å²) in [5.41, 5.74) is 0. The van der Waals surface area contributed by atoms with Gasteiger partial charge in [0, 0.05) is 0 Å². The first-order valence-corrected chi connectivity index (χ1v) is 1.76. The van der Waals surface area contributed by atoms with Crippen molar-refractivity contribution in [3.63, 3.8) is 0 Å². The van der Waals surface area contributed by atoms with E-state index in [0.29, 0.717) is 0 Å². The van der Waals surface area contributed by atoms with E-state index < -0.39 is 0 Å². The standard InChI is InChI=1S/CH2B3N2/c1-2-6-4-3-5-1/h1,6H. The Balaban J connectivity index is 2.26. The zero-order chi connectivity index (χ0) is 4.24. The molecule has 0 spiro atoms. The van der Waals surface area contributed by atoms with E-state index in [0.717, 1.165) is 0 Å². The molecule has 0 amide bonds. The SMILES string of the molecule is [B]1[B]N[B]C=N1. The summed E-state index contributed by atoms with van der Waals surface area (Å²) in [5, 5.41) is 2.83. The minimum absolute atomic E-state index is 1.69. The van der Waals surface area contributed by atoms with Crippen molar-refractivity contribution < 1.29 is 0 Å². The fourth-order valence-electron chi connectivity index (χ4n) is 0.277. The molecule has 0 aliphatic carbocycles. The first-order valence-electron chi connectivity index (χ1n) is 1.76. The Hall–Kier alpha value is -0.175. The Morgan fingerprint density at radius 2 is 2.67 bits per heavy atom. The third-order valence-electron chi connectivity index (χ3n) is 0.514. The lowest BCUT2D eigenvalue weighted by Crippen LogP contribution is -2.33. The van der Waals surface area contributed by atoms with Gasteiger partial charge in [-0.25, -0.2) is 0 Å². The van der Waals surface area contributed by atoms with Gasteiger partial charge < -0.3 is 10.0 Å². The number of rotatable bonds is 0. The molecule has 0 aromatic heterocycles. The van der Waals surface area contributed by atoms with Crippen molar-refractivity contribution in [3.8, 4) is 0 Å². The topological polar surface area (TPSA) is 24.4 Å². The molecule has 0 unspecified atom stereocenters. The van der Waals surface area contributed by atoms with Crippen LogP contribution in [-0.2, 0) is 0 Å². The van der Waals surface area contributed by atoms with Crippen molar-refractivity contribution in [2.45, 2.75) is 0 Å². The highest BCUT2D eigenvalue weighted by atomic mass is 14.7. The van der Waals surface area contributed by atoms with Crippen LogP contribution in [0.15, 0.2) is 4.90 Å². The second kappa shape index (κ2) is 2.08. The van der Waals surface area contributed by atoms with E-state index in [-0.39, 0.29) is 0 Å². The third-order valence-corrected chi connectivity index (χ3v) is 0.514. The monoisotopic (exact) mass is 75.0 g/mol. The largest absolute Gasteiger partial charge is 0.407 e. The van der Waals surface area contributed by atoms with Crippen LogP contribution in [0.1, 0.15) is 0 Å². The van der Waals surface area contributed by atoms with Crippen LogP contribution in [0.4, 0.5) is 0 Å². The third kappa shape index (κ3) is 0.900. The van der Waals surface area contributed by atoms with Crippen LogP contribution >= 0.6 is 0 Å². The zero-order valence-electron chi connectivity index (χ0n) is 3.26. The average Bonchev–Trinajstić information content (AvgIpc) is 1.72. The van der Waals surface area contributed by atoms with Crippen LogP contribution in [0.5, 0.6) is 0 Å². The predicted octanol–water partition coefficient (Wildman–Crippen LogP) is -1.61. The van der Waals surface area contributed by atoms with Crippen molar-refractivity contribution >= 4 is 28.1 Å². The van der Waals surface area contributed by atoms with E-state index in [2.05, 4.69) is 10.0 Å². The van der Waals surface area contributed by atoms with E-state index in [1.54, 1.807) is 28.1 Å². The van der Waals surface area contributed by atoms with E-state index >= 15 is 0 Å². The smallest absolute Gasteiger partial charge is 0.244 e. The summed E-state index contributed by atoms with van der Waals surface area (Å²) in [4.78, 5) is 3.75. The lowest BCUT2D eigenvalue weighted by Gasteiger charge is -1.96. The number of hydrogen-bond donors (Lipinski definition) is 1. The number of nitrogens with zero attached hydrogens (tertiary/aromatic N) is 1.